The number of rotatable bonds is 4. The van der Waals surface area contributed by atoms with Crippen molar-refractivity contribution in [3.05, 3.63) is 57.5 Å². The molecular formula is C23H19F4NO6. The molecule has 0 saturated carbocycles. The topological polar surface area (TPSA) is 78.2 Å². The molecule has 1 saturated heterocycles. The van der Waals surface area contributed by atoms with Gasteiger partial charge in [0, 0.05) is 30.8 Å². The number of fused-ring (bicyclic) bond motifs is 1. The van der Waals surface area contributed by atoms with E-state index in [4.69, 9.17) is 18.6 Å². The molecule has 0 bridgehead atoms. The first-order valence-electron chi connectivity index (χ1n) is 10.1. The molecule has 0 aliphatic carbocycles. The average Bonchev–Trinajstić information content (AvgIpc) is 2.81. The quantitative estimate of drug-likeness (QED) is 0.522. The van der Waals surface area contributed by atoms with Crippen molar-refractivity contribution in [2.24, 2.45) is 0 Å². The number of hydrogen-bond acceptors (Lipinski definition) is 6. The molecule has 1 aliphatic rings. The van der Waals surface area contributed by atoms with Gasteiger partial charge in [0.15, 0.2) is 5.43 Å². The first kappa shape index (κ1) is 23.6. The van der Waals surface area contributed by atoms with Gasteiger partial charge in [0.1, 0.15) is 39.6 Å². The lowest BCUT2D eigenvalue weighted by Gasteiger charge is -2.27. The molecule has 1 amide bonds. The number of morpholine rings is 1. The maximum Gasteiger partial charge on any atom is 0.423 e. The Labute approximate surface area is 190 Å². The van der Waals surface area contributed by atoms with Crippen LogP contribution in [-0.4, -0.2) is 51.3 Å². The number of hydrogen-bond donors (Lipinski definition) is 0. The number of ether oxygens (including phenoxy) is 3. The van der Waals surface area contributed by atoms with E-state index >= 15 is 0 Å². The fourth-order valence-electron chi connectivity index (χ4n) is 3.88. The van der Waals surface area contributed by atoms with Gasteiger partial charge in [0.25, 0.3) is 5.91 Å². The van der Waals surface area contributed by atoms with Crippen molar-refractivity contribution >= 4 is 16.9 Å². The third kappa shape index (κ3) is 4.18. The van der Waals surface area contributed by atoms with E-state index in [2.05, 4.69) is 0 Å². The van der Waals surface area contributed by atoms with E-state index in [9.17, 15) is 27.2 Å². The highest BCUT2D eigenvalue weighted by Gasteiger charge is 2.40. The lowest BCUT2D eigenvalue weighted by Crippen LogP contribution is -2.40. The zero-order valence-corrected chi connectivity index (χ0v) is 18.1. The standard InChI is InChI=1S/C23H19F4NO6/c1-31-18-11-17-19(21(32-2)20(18)23(25,26)27)15(29)10-16(34-17)13-4-3-12(24)9-14(13)22(30)28-5-7-33-8-6-28/h3-4,9-11H,5-8H2,1-2H3. The normalized spacial score (nSPS) is 14.4. The number of amides is 1. The molecule has 34 heavy (non-hydrogen) atoms. The zero-order valence-electron chi connectivity index (χ0n) is 18.1. The van der Waals surface area contributed by atoms with Gasteiger partial charge < -0.3 is 23.5 Å². The predicted octanol–water partition coefficient (Wildman–Crippen LogP) is 4.11. The van der Waals surface area contributed by atoms with E-state index < -0.39 is 45.8 Å². The fraction of sp³-hybridized carbons (Fsp3) is 0.304. The number of alkyl halides is 3. The molecule has 1 aromatic heterocycles. The largest absolute Gasteiger partial charge is 0.496 e. The Morgan fingerprint density at radius 2 is 1.76 bits per heavy atom. The summed E-state index contributed by atoms with van der Waals surface area (Å²) in [7, 11) is 2.03. The van der Waals surface area contributed by atoms with Crippen LogP contribution < -0.4 is 14.9 Å². The van der Waals surface area contributed by atoms with Crippen molar-refractivity contribution in [3.8, 4) is 22.8 Å². The summed E-state index contributed by atoms with van der Waals surface area (Å²) < 4.78 is 75.8. The van der Waals surface area contributed by atoms with Crippen LogP contribution in [0.25, 0.3) is 22.3 Å². The van der Waals surface area contributed by atoms with Crippen LogP contribution in [0.3, 0.4) is 0 Å². The lowest BCUT2D eigenvalue weighted by molar-refractivity contribution is -0.139. The minimum Gasteiger partial charge on any atom is -0.496 e. The van der Waals surface area contributed by atoms with Crippen LogP contribution in [0.2, 0.25) is 0 Å². The summed E-state index contributed by atoms with van der Waals surface area (Å²) in [6, 6.07) is 5.25. The minimum absolute atomic E-state index is 0.0600. The summed E-state index contributed by atoms with van der Waals surface area (Å²) in [5.74, 6) is -2.66. The Bertz CT molecular complexity index is 1310. The lowest BCUT2D eigenvalue weighted by atomic mass is 10.0. The van der Waals surface area contributed by atoms with Gasteiger partial charge in [-0.15, -0.1) is 0 Å². The Kier molecular flexibility index (Phi) is 6.22. The molecule has 0 atom stereocenters. The second kappa shape index (κ2) is 8.98. The van der Waals surface area contributed by atoms with Gasteiger partial charge in [0.05, 0.1) is 33.0 Å². The van der Waals surface area contributed by atoms with Gasteiger partial charge in [-0.1, -0.05) is 0 Å². The summed E-state index contributed by atoms with van der Waals surface area (Å²) in [4.78, 5) is 27.5. The SMILES string of the molecule is COc1cc2oc(-c3ccc(F)cc3C(=O)N3CCOCC3)cc(=O)c2c(OC)c1C(F)(F)F. The van der Waals surface area contributed by atoms with Crippen molar-refractivity contribution in [1.29, 1.82) is 0 Å². The van der Waals surface area contributed by atoms with E-state index in [-0.39, 0.29) is 22.5 Å². The monoisotopic (exact) mass is 481 g/mol. The first-order valence-corrected chi connectivity index (χ1v) is 10.1. The summed E-state index contributed by atoms with van der Waals surface area (Å²) in [6.07, 6.45) is -4.87. The van der Waals surface area contributed by atoms with Gasteiger partial charge in [-0.25, -0.2) is 4.39 Å². The molecule has 0 unspecified atom stereocenters. The van der Waals surface area contributed by atoms with Gasteiger partial charge in [-0.2, -0.15) is 13.2 Å². The molecule has 11 heteroatoms. The van der Waals surface area contributed by atoms with Crippen LogP contribution in [0.1, 0.15) is 15.9 Å². The van der Waals surface area contributed by atoms with Crippen LogP contribution in [0, 0.1) is 5.82 Å². The molecule has 0 N–H and O–H groups in total. The molecule has 180 valence electrons. The third-order valence-corrected chi connectivity index (χ3v) is 5.42. The molecular weight excluding hydrogens is 462 g/mol. The average molecular weight is 481 g/mol. The van der Waals surface area contributed by atoms with Crippen molar-refractivity contribution in [2.75, 3.05) is 40.5 Å². The third-order valence-electron chi connectivity index (χ3n) is 5.42. The van der Waals surface area contributed by atoms with Gasteiger partial charge in [0.2, 0.25) is 0 Å². The smallest absolute Gasteiger partial charge is 0.423 e. The highest BCUT2D eigenvalue weighted by Crippen LogP contribution is 2.46. The first-order chi connectivity index (χ1) is 16.2. The number of halogens is 4. The van der Waals surface area contributed by atoms with Crippen molar-refractivity contribution in [3.63, 3.8) is 0 Å². The molecule has 4 rings (SSSR count). The second-order valence-corrected chi connectivity index (χ2v) is 7.43. The summed E-state index contributed by atoms with van der Waals surface area (Å²) in [6.45, 7) is 1.24. The van der Waals surface area contributed by atoms with Crippen LogP contribution in [0.4, 0.5) is 17.6 Å². The molecule has 3 aromatic rings. The molecule has 0 spiro atoms. The fourth-order valence-corrected chi connectivity index (χ4v) is 3.88. The summed E-state index contributed by atoms with van der Waals surface area (Å²) in [5.41, 5.74) is -2.30. The highest BCUT2D eigenvalue weighted by molar-refractivity contribution is 6.01. The molecule has 2 heterocycles. The van der Waals surface area contributed by atoms with Gasteiger partial charge in [-0.05, 0) is 18.2 Å². The Balaban J connectivity index is 1.94. The van der Waals surface area contributed by atoms with E-state index in [0.717, 1.165) is 38.5 Å². The molecule has 7 nitrogen and oxygen atoms in total. The van der Waals surface area contributed by atoms with Crippen molar-refractivity contribution < 1.29 is 41.0 Å². The molecule has 0 radical (unpaired) electrons. The van der Waals surface area contributed by atoms with Gasteiger partial charge in [-0.3, -0.25) is 9.59 Å². The minimum atomic E-state index is -4.87. The zero-order chi connectivity index (χ0) is 24.6. The highest BCUT2D eigenvalue weighted by atomic mass is 19.4. The van der Waals surface area contributed by atoms with Crippen LogP contribution in [0.15, 0.2) is 39.5 Å². The van der Waals surface area contributed by atoms with Crippen LogP contribution in [-0.2, 0) is 10.9 Å². The maximum absolute atomic E-state index is 14.0. The Morgan fingerprint density at radius 3 is 2.38 bits per heavy atom. The number of nitrogens with zero attached hydrogens (tertiary/aromatic N) is 1. The second-order valence-electron chi connectivity index (χ2n) is 7.43. The van der Waals surface area contributed by atoms with E-state index in [1.165, 1.54) is 11.0 Å². The maximum atomic E-state index is 14.0. The van der Waals surface area contributed by atoms with E-state index in [0.29, 0.717) is 26.3 Å². The molecule has 1 fully saturated rings. The summed E-state index contributed by atoms with van der Waals surface area (Å²) >= 11 is 0. The van der Waals surface area contributed by atoms with Crippen molar-refractivity contribution in [2.45, 2.75) is 6.18 Å². The Morgan fingerprint density at radius 1 is 1.06 bits per heavy atom. The number of carbonyl (C=O) groups excluding carboxylic acids is 1. The van der Waals surface area contributed by atoms with Crippen molar-refractivity contribution in [1.82, 2.24) is 4.90 Å². The number of benzene rings is 2. The summed E-state index contributed by atoms with van der Waals surface area (Å²) in [5, 5.41) is -0.442. The predicted molar refractivity (Wildman–Crippen MR) is 113 cm³/mol. The Hall–Kier alpha value is -3.60. The molecule has 1 aliphatic heterocycles. The van der Waals surface area contributed by atoms with Gasteiger partial charge >= 0.3 is 6.18 Å². The van der Waals surface area contributed by atoms with Crippen LogP contribution in [0.5, 0.6) is 11.5 Å². The van der Waals surface area contributed by atoms with E-state index in [1.54, 1.807) is 0 Å². The van der Waals surface area contributed by atoms with E-state index in [1.807, 2.05) is 0 Å². The van der Waals surface area contributed by atoms with Crippen LogP contribution >= 0.6 is 0 Å². The molecule has 2 aromatic carbocycles. The number of methoxy groups -OCH3 is 2. The number of carbonyl (C=O) groups is 1.